The van der Waals surface area contributed by atoms with Crippen LogP contribution in [0, 0.1) is 5.92 Å². The molecule has 0 radical (unpaired) electrons. The second-order valence-electron chi connectivity index (χ2n) is 7.86. The van der Waals surface area contributed by atoms with E-state index in [0.717, 1.165) is 22.3 Å². The van der Waals surface area contributed by atoms with Crippen LogP contribution in [0.15, 0.2) is 48.5 Å². The molecule has 2 amide bonds. The van der Waals surface area contributed by atoms with Crippen LogP contribution in [0.25, 0.3) is 11.1 Å². The summed E-state index contributed by atoms with van der Waals surface area (Å²) in [5.41, 5.74) is 4.53. The molecule has 0 unspecified atom stereocenters. The molecule has 32 heavy (non-hydrogen) atoms. The summed E-state index contributed by atoms with van der Waals surface area (Å²) in [6.07, 6.45) is 0.00433. The van der Waals surface area contributed by atoms with Gasteiger partial charge in [-0.25, -0.2) is 4.79 Å². The molecule has 2 N–H and O–H groups in total. The van der Waals surface area contributed by atoms with Crippen molar-refractivity contribution in [2.45, 2.75) is 39.2 Å². The third-order valence-corrected chi connectivity index (χ3v) is 5.82. The van der Waals surface area contributed by atoms with Crippen molar-refractivity contribution in [2.75, 3.05) is 19.8 Å². The van der Waals surface area contributed by atoms with E-state index < -0.39 is 24.0 Å². The van der Waals surface area contributed by atoms with Crippen LogP contribution in [0.4, 0.5) is 4.79 Å². The maximum atomic E-state index is 12.6. The van der Waals surface area contributed by atoms with Crippen LogP contribution in [0.3, 0.4) is 0 Å². The van der Waals surface area contributed by atoms with Crippen molar-refractivity contribution < 1.29 is 23.9 Å². The van der Waals surface area contributed by atoms with E-state index in [1.165, 1.54) is 0 Å². The van der Waals surface area contributed by atoms with E-state index in [1.54, 1.807) is 6.92 Å². The predicted molar refractivity (Wildman–Crippen MR) is 121 cm³/mol. The van der Waals surface area contributed by atoms with Gasteiger partial charge in [0.1, 0.15) is 19.2 Å². The largest absolute Gasteiger partial charge is 0.465 e. The summed E-state index contributed by atoms with van der Waals surface area (Å²) in [6, 6.07) is 15.4. The van der Waals surface area contributed by atoms with Gasteiger partial charge in [-0.1, -0.05) is 68.8 Å². The first kappa shape index (κ1) is 23.3. The molecule has 3 rings (SSSR count). The van der Waals surface area contributed by atoms with Gasteiger partial charge in [-0.2, -0.15) is 0 Å². The van der Waals surface area contributed by atoms with E-state index >= 15 is 0 Å². The number of benzene rings is 2. The van der Waals surface area contributed by atoms with E-state index in [9.17, 15) is 14.4 Å². The molecule has 0 saturated carbocycles. The van der Waals surface area contributed by atoms with Gasteiger partial charge in [0.05, 0.1) is 6.61 Å². The zero-order valence-electron chi connectivity index (χ0n) is 18.7. The number of alkyl carbamates (subject to hydrolysis) is 1. The van der Waals surface area contributed by atoms with Crippen molar-refractivity contribution in [2.24, 2.45) is 5.92 Å². The van der Waals surface area contributed by atoms with Crippen molar-refractivity contribution in [3.05, 3.63) is 59.7 Å². The summed E-state index contributed by atoms with van der Waals surface area (Å²) in [6.45, 7) is 5.64. The quantitative estimate of drug-likeness (QED) is 0.583. The van der Waals surface area contributed by atoms with Crippen LogP contribution in [0.2, 0.25) is 0 Å². The molecule has 1 aliphatic carbocycles. The third kappa shape index (κ3) is 5.28. The Labute approximate surface area is 188 Å². The molecule has 0 aliphatic heterocycles. The number of hydrogen-bond donors (Lipinski definition) is 2. The van der Waals surface area contributed by atoms with Gasteiger partial charge in [-0.3, -0.25) is 9.59 Å². The van der Waals surface area contributed by atoms with Crippen molar-refractivity contribution in [3.63, 3.8) is 0 Å². The van der Waals surface area contributed by atoms with Crippen LogP contribution < -0.4 is 10.6 Å². The van der Waals surface area contributed by atoms with E-state index in [4.69, 9.17) is 9.47 Å². The van der Waals surface area contributed by atoms with E-state index in [0.29, 0.717) is 6.42 Å². The Balaban J connectivity index is 1.63. The van der Waals surface area contributed by atoms with Crippen LogP contribution in [0.1, 0.15) is 44.2 Å². The molecule has 0 heterocycles. The average Bonchev–Trinajstić information content (AvgIpc) is 3.13. The van der Waals surface area contributed by atoms with Gasteiger partial charge in [0.15, 0.2) is 0 Å². The fraction of sp³-hybridized carbons (Fsp3) is 0.400. The number of rotatable bonds is 9. The smallest absolute Gasteiger partial charge is 0.407 e. The Morgan fingerprint density at radius 1 is 0.938 bits per heavy atom. The minimum absolute atomic E-state index is 0.0622. The Morgan fingerprint density at radius 2 is 1.53 bits per heavy atom. The number of fused-ring (bicyclic) bond motifs is 3. The molecule has 0 fully saturated rings. The van der Waals surface area contributed by atoms with Crippen LogP contribution in [0.5, 0.6) is 0 Å². The first-order valence-electron chi connectivity index (χ1n) is 11.0. The number of hydrogen-bond acceptors (Lipinski definition) is 5. The second kappa shape index (κ2) is 10.8. The summed E-state index contributed by atoms with van der Waals surface area (Å²) < 4.78 is 10.4. The van der Waals surface area contributed by atoms with Gasteiger partial charge in [-0.15, -0.1) is 0 Å². The Hall–Kier alpha value is -3.35. The molecule has 7 heteroatoms. The minimum atomic E-state index is -0.815. The van der Waals surface area contributed by atoms with Crippen molar-refractivity contribution in [1.82, 2.24) is 10.6 Å². The van der Waals surface area contributed by atoms with Crippen molar-refractivity contribution >= 4 is 18.0 Å². The molecule has 0 aromatic heterocycles. The van der Waals surface area contributed by atoms with Crippen molar-refractivity contribution in [1.29, 1.82) is 0 Å². The van der Waals surface area contributed by atoms with Gasteiger partial charge < -0.3 is 20.1 Å². The molecular formula is C25H30N2O5. The molecular weight excluding hydrogens is 408 g/mol. The fourth-order valence-corrected chi connectivity index (χ4v) is 3.95. The summed E-state index contributed by atoms with van der Waals surface area (Å²) >= 11 is 0. The lowest BCUT2D eigenvalue weighted by Gasteiger charge is -2.23. The summed E-state index contributed by atoms with van der Waals surface area (Å²) in [5, 5.41) is 5.20. The molecule has 2 aromatic rings. The number of amides is 2. The summed E-state index contributed by atoms with van der Waals surface area (Å²) in [5.74, 6) is -1.17. The predicted octanol–water partition coefficient (Wildman–Crippen LogP) is 3.62. The highest BCUT2D eigenvalue weighted by Crippen LogP contribution is 2.44. The molecule has 1 aliphatic rings. The van der Waals surface area contributed by atoms with Crippen LogP contribution in [-0.4, -0.2) is 43.8 Å². The van der Waals surface area contributed by atoms with Crippen LogP contribution >= 0.6 is 0 Å². The first-order chi connectivity index (χ1) is 15.5. The third-order valence-electron chi connectivity index (χ3n) is 5.82. The Bertz CT molecular complexity index is 929. The number of carbonyl (C=O) groups excluding carboxylic acids is 3. The number of ether oxygens (including phenoxy) is 2. The lowest BCUT2D eigenvalue weighted by atomic mass is 9.98. The van der Waals surface area contributed by atoms with Crippen LogP contribution in [-0.2, 0) is 19.1 Å². The topological polar surface area (TPSA) is 93.7 Å². The zero-order chi connectivity index (χ0) is 23.1. The lowest BCUT2D eigenvalue weighted by Crippen LogP contribution is -2.51. The lowest BCUT2D eigenvalue weighted by molar-refractivity contribution is -0.143. The standard InChI is InChI=1S/C25H30N2O5/c1-4-16(3)23(24(29)26-14-22(28)31-5-2)27-25(30)32-15-21-19-12-8-6-10-17(19)18-11-7-9-13-20(18)21/h6-13,16,21,23H,4-5,14-15H2,1-3H3,(H,26,29)(H,27,30)/t16-,23-/m0/s1. The van der Waals surface area contributed by atoms with Gasteiger partial charge >= 0.3 is 12.1 Å². The van der Waals surface area contributed by atoms with E-state index in [2.05, 4.69) is 22.8 Å². The molecule has 0 spiro atoms. The molecule has 0 bridgehead atoms. The maximum absolute atomic E-state index is 12.6. The number of nitrogens with one attached hydrogen (secondary N) is 2. The SMILES string of the molecule is CCOC(=O)CNC(=O)[C@@H](NC(=O)OCC1c2ccccc2-c2ccccc21)[C@@H](C)CC. The molecule has 2 aromatic carbocycles. The van der Waals surface area contributed by atoms with Gasteiger partial charge in [0, 0.05) is 5.92 Å². The van der Waals surface area contributed by atoms with E-state index in [1.807, 2.05) is 50.2 Å². The van der Waals surface area contributed by atoms with Gasteiger partial charge in [-0.05, 0) is 35.1 Å². The molecule has 2 atom stereocenters. The van der Waals surface area contributed by atoms with E-state index in [-0.39, 0.29) is 31.6 Å². The molecule has 0 saturated heterocycles. The monoisotopic (exact) mass is 438 g/mol. The van der Waals surface area contributed by atoms with Gasteiger partial charge in [0.25, 0.3) is 0 Å². The molecule has 7 nitrogen and oxygen atoms in total. The summed E-state index contributed by atoms with van der Waals surface area (Å²) in [4.78, 5) is 36.7. The summed E-state index contributed by atoms with van der Waals surface area (Å²) in [7, 11) is 0. The first-order valence-corrected chi connectivity index (χ1v) is 11.0. The second-order valence-corrected chi connectivity index (χ2v) is 7.86. The Morgan fingerprint density at radius 3 is 2.09 bits per heavy atom. The highest BCUT2D eigenvalue weighted by Gasteiger charge is 2.31. The number of carbonyl (C=O) groups is 3. The average molecular weight is 439 g/mol. The number of esters is 1. The Kier molecular flexibility index (Phi) is 7.87. The van der Waals surface area contributed by atoms with Gasteiger partial charge in [0.2, 0.25) is 5.91 Å². The van der Waals surface area contributed by atoms with Crippen molar-refractivity contribution in [3.8, 4) is 11.1 Å². The fourth-order valence-electron chi connectivity index (χ4n) is 3.95. The molecule has 170 valence electrons. The highest BCUT2D eigenvalue weighted by atomic mass is 16.5. The minimum Gasteiger partial charge on any atom is -0.465 e. The highest BCUT2D eigenvalue weighted by molar-refractivity contribution is 5.88. The normalized spacial score (nSPS) is 14.0. The maximum Gasteiger partial charge on any atom is 0.407 e. The zero-order valence-corrected chi connectivity index (χ0v) is 18.7.